The molecule has 1 aromatic carbocycles. The van der Waals surface area contributed by atoms with E-state index < -0.39 is 28.3 Å². The molecule has 3 aromatic rings. The molecule has 1 aliphatic rings. The Bertz CT molecular complexity index is 1150. The fourth-order valence-electron chi connectivity index (χ4n) is 3.23. The number of nitrogens with zero attached hydrogens (tertiary/aromatic N) is 2. The van der Waals surface area contributed by atoms with Crippen molar-refractivity contribution in [2.75, 3.05) is 0 Å². The Morgan fingerprint density at radius 3 is 2.25 bits per heavy atom. The van der Waals surface area contributed by atoms with Gasteiger partial charge in [0.2, 0.25) is 0 Å². The Hall–Kier alpha value is -2.16. The standard InChI is InChI=1S/C20H23BN2O4S.H2/c1-14-6-8-15(9-7-14)28(24,25)23-13-11-16-17(10-12-22-18(16)23)21-26-19(2,3)20(4,5)27-21;/h6-13H,1-5H3;1H/i;1+1D. The first-order valence-electron chi connectivity index (χ1n) is 10.2. The van der Waals surface area contributed by atoms with Crippen LogP contribution in [0.5, 0.6) is 0 Å². The third-order valence-electron chi connectivity index (χ3n) is 5.67. The van der Waals surface area contributed by atoms with E-state index >= 15 is 0 Å². The molecule has 148 valence electrons. The van der Waals surface area contributed by atoms with Crippen LogP contribution in [-0.4, -0.2) is 35.7 Å². The van der Waals surface area contributed by atoms with Crippen molar-refractivity contribution in [3.63, 3.8) is 0 Å². The lowest BCUT2D eigenvalue weighted by atomic mass is 9.78. The predicted molar refractivity (Wildman–Crippen MR) is 111 cm³/mol. The topological polar surface area (TPSA) is 70.4 Å². The molecular formula is C20H25BN2O4S. The summed E-state index contributed by atoms with van der Waals surface area (Å²) in [5.74, 6) is 0. The van der Waals surface area contributed by atoms with E-state index in [1.54, 1.807) is 36.5 Å². The number of benzene rings is 1. The predicted octanol–water partition coefficient (Wildman–Crippen LogP) is 3.13. The van der Waals surface area contributed by atoms with Crippen LogP contribution in [0, 0.1) is 6.92 Å². The summed E-state index contributed by atoms with van der Waals surface area (Å²) in [6.45, 7) is 9.85. The second-order valence-electron chi connectivity index (χ2n) is 8.16. The fraction of sp³-hybridized carbons (Fsp3) is 0.350. The maximum atomic E-state index is 13.1. The maximum Gasteiger partial charge on any atom is 0.495 e. The van der Waals surface area contributed by atoms with E-state index in [9.17, 15) is 8.42 Å². The number of fused-ring (bicyclic) bond motifs is 1. The van der Waals surface area contributed by atoms with Gasteiger partial charge in [-0.25, -0.2) is 17.4 Å². The van der Waals surface area contributed by atoms with Crippen molar-refractivity contribution >= 4 is 33.6 Å². The van der Waals surface area contributed by atoms with Crippen molar-refractivity contribution in [2.24, 2.45) is 0 Å². The van der Waals surface area contributed by atoms with E-state index in [2.05, 4.69) is 4.98 Å². The molecule has 0 N–H and O–H groups in total. The smallest absolute Gasteiger partial charge is 0.399 e. The van der Waals surface area contributed by atoms with Crippen LogP contribution in [-0.2, 0) is 19.3 Å². The Morgan fingerprint density at radius 1 is 1.04 bits per heavy atom. The number of pyridine rings is 1. The minimum absolute atomic E-state index is 0.221. The summed E-state index contributed by atoms with van der Waals surface area (Å²) in [6, 6.07) is 10.3. The highest BCUT2D eigenvalue weighted by Gasteiger charge is 2.52. The maximum absolute atomic E-state index is 13.1. The minimum atomic E-state index is -3.75. The van der Waals surface area contributed by atoms with Gasteiger partial charge in [0.05, 0.1) is 16.1 Å². The minimum Gasteiger partial charge on any atom is -0.399 e. The normalized spacial score (nSPS) is 19.0. The second kappa shape index (κ2) is 6.17. The van der Waals surface area contributed by atoms with Gasteiger partial charge in [-0.15, -0.1) is 0 Å². The number of rotatable bonds is 3. The Labute approximate surface area is 168 Å². The first-order valence-corrected chi connectivity index (χ1v) is 10.6. The molecule has 0 radical (unpaired) electrons. The first-order chi connectivity index (χ1) is 14.0. The van der Waals surface area contributed by atoms with Gasteiger partial charge in [0.25, 0.3) is 10.0 Å². The molecule has 1 aliphatic heterocycles. The molecule has 0 aliphatic carbocycles. The van der Waals surface area contributed by atoms with E-state index in [4.69, 9.17) is 12.3 Å². The average Bonchev–Trinajstić information content (AvgIpc) is 3.22. The molecule has 6 nitrogen and oxygen atoms in total. The lowest BCUT2D eigenvalue weighted by Gasteiger charge is -2.32. The summed E-state index contributed by atoms with van der Waals surface area (Å²) in [7, 11) is -4.34. The third-order valence-corrected chi connectivity index (χ3v) is 7.35. The van der Waals surface area contributed by atoms with E-state index in [1.807, 2.05) is 40.7 Å². The second-order valence-corrected chi connectivity index (χ2v) is 9.97. The number of hydrogen-bond acceptors (Lipinski definition) is 5. The van der Waals surface area contributed by atoms with Crippen LogP contribution in [0.2, 0.25) is 0 Å². The van der Waals surface area contributed by atoms with Crippen LogP contribution < -0.4 is 5.46 Å². The SMILES string of the molecule is Cc1ccc(S(=O)(=O)n2ccc3c(B4OC(C)(C)C(C)(C)O4)ccnc32)cc1.[2H][2H]. The zero-order valence-electron chi connectivity index (χ0n) is 18.6. The molecule has 0 saturated carbocycles. The zero-order valence-corrected chi connectivity index (χ0v) is 17.4. The molecule has 28 heavy (non-hydrogen) atoms. The monoisotopic (exact) mass is 402 g/mol. The quantitative estimate of drug-likeness (QED) is 0.630. The van der Waals surface area contributed by atoms with Crippen LogP contribution in [0.15, 0.2) is 53.7 Å². The van der Waals surface area contributed by atoms with Gasteiger partial charge in [0.1, 0.15) is 0 Å². The molecule has 4 rings (SSSR count). The summed E-state index contributed by atoms with van der Waals surface area (Å²) in [5.41, 5.74) is 1.15. The highest BCUT2D eigenvalue weighted by Crippen LogP contribution is 2.37. The molecule has 3 heterocycles. The van der Waals surface area contributed by atoms with Gasteiger partial charge in [0, 0.05) is 20.7 Å². The average molecular weight is 402 g/mol. The van der Waals surface area contributed by atoms with Crippen molar-refractivity contribution in [1.29, 1.82) is 0 Å². The van der Waals surface area contributed by atoms with Gasteiger partial charge >= 0.3 is 7.12 Å². The molecule has 1 fully saturated rings. The largest absolute Gasteiger partial charge is 0.495 e. The van der Waals surface area contributed by atoms with Crippen molar-refractivity contribution in [3.8, 4) is 0 Å². The van der Waals surface area contributed by atoms with E-state index in [-0.39, 0.29) is 4.90 Å². The van der Waals surface area contributed by atoms with Gasteiger partial charge in [-0.1, -0.05) is 17.7 Å². The Morgan fingerprint density at radius 2 is 1.64 bits per heavy atom. The highest BCUT2D eigenvalue weighted by atomic mass is 32.2. The number of aryl methyl sites for hydroxylation is 1. The summed E-state index contributed by atoms with van der Waals surface area (Å²) < 4.78 is 49.7. The number of hydrogen-bond donors (Lipinski definition) is 0. The molecule has 8 heteroatoms. The Balaban J connectivity index is 0.00000124. The lowest BCUT2D eigenvalue weighted by Crippen LogP contribution is -2.41. The summed E-state index contributed by atoms with van der Waals surface area (Å²) in [6.07, 6.45) is 3.12. The first kappa shape index (κ1) is 17.9. The van der Waals surface area contributed by atoms with Crippen LogP contribution in [0.25, 0.3) is 11.0 Å². The van der Waals surface area contributed by atoms with Gasteiger partial charge in [-0.2, -0.15) is 0 Å². The van der Waals surface area contributed by atoms with Crippen molar-refractivity contribution in [3.05, 3.63) is 54.4 Å². The molecule has 0 amide bonds. The molecule has 1 saturated heterocycles. The van der Waals surface area contributed by atoms with Gasteiger partial charge < -0.3 is 9.31 Å². The molecule has 0 unspecified atom stereocenters. The fourth-order valence-corrected chi connectivity index (χ4v) is 4.53. The Kier molecular flexibility index (Phi) is 3.95. The zero-order chi connectivity index (χ0) is 22.3. The van der Waals surface area contributed by atoms with Crippen LogP contribution in [0.4, 0.5) is 0 Å². The molecule has 2 aromatic heterocycles. The number of aromatic nitrogens is 2. The van der Waals surface area contributed by atoms with Crippen LogP contribution in [0.1, 0.15) is 36.2 Å². The van der Waals surface area contributed by atoms with Crippen LogP contribution in [0.3, 0.4) is 0 Å². The summed E-state index contributed by atoms with van der Waals surface area (Å²) >= 11 is 0. The van der Waals surface area contributed by atoms with E-state index in [1.165, 1.54) is 10.2 Å². The summed E-state index contributed by atoms with van der Waals surface area (Å²) in [5, 5.41) is 0.691. The van der Waals surface area contributed by atoms with E-state index in [0.29, 0.717) is 11.0 Å². The lowest BCUT2D eigenvalue weighted by molar-refractivity contribution is 0.00578. The summed E-state index contributed by atoms with van der Waals surface area (Å²) in [4.78, 5) is 4.55. The highest BCUT2D eigenvalue weighted by molar-refractivity contribution is 7.90. The van der Waals surface area contributed by atoms with Gasteiger partial charge in [-0.3, -0.25) is 0 Å². The molecular weight excluding hydrogens is 375 g/mol. The molecule has 0 atom stereocenters. The van der Waals surface area contributed by atoms with Crippen molar-refractivity contribution in [1.82, 2.24) is 8.96 Å². The molecule has 0 spiro atoms. The van der Waals surface area contributed by atoms with Gasteiger partial charge in [-0.05, 0) is 64.3 Å². The van der Waals surface area contributed by atoms with Gasteiger partial charge in [0.15, 0.2) is 5.65 Å². The van der Waals surface area contributed by atoms with E-state index in [0.717, 1.165) is 11.0 Å². The van der Waals surface area contributed by atoms with Crippen molar-refractivity contribution < 1.29 is 20.7 Å². The molecule has 0 bridgehead atoms. The third kappa shape index (κ3) is 2.87. The van der Waals surface area contributed by atoms with Crippen molar-refractivity contribution in [2.45, 2.75) is 50.7 Å². The van der Waals surface area contributed by atoms with Crippen LogP contribution >= 0.6 is 0 Å².